The summed E-state index contributed by atoms with van der Waals surface area (Å²) in [5.74, 6) is -0.0234. The lowest BCUT2D eigenvalue weighted by atomic mass is 9.79. The molecule has 4 heteroatoms. The van der Waals surface area contributed by atoms with Crippen molar-refractivity contribution in [2.75, 3.05) is 6.61 Å². The Morgan fingerprint density at radius 1 is 1.35 bits per heavy atom. The van der Waals surface area contributed by atoms with Gasteiger partial charge in [-0.1, -0.05) is 30.5 Å². The third kappa shape index (κ3) is 2.72. The molecule has 1 spiro atoms. The predicted octanol–water partition coefficient (Wildman–Crippen LogP) is 4.22. The van der Waals surface area contributed by atoms with Gasteiger partial charge in [0.25, 0.3) is 0 Å². The summed E-state index contributed by atoms with van der Waals surface area (Å²) in [4.78, 5) is 0. The standard InChI is InChI=1S/C16H21ClFNO/c17-13-4-3-11(9-14(13)18)15(19)12-5-8-20-16(10-12)6-1-2-7-16/h3-4,9,12,15H,1-2,5-8,10,19H2. The predicted molar refractivity (Wildman–Crippen MR) is 78.2 cm³/mol. The summed E-state index contributed by atoms with van der Waals surface area (Å²) >= 11 is 5.73. The molecule has 2 fully saturated rings. The van der Waals surface area contributed by atoms with E-state index in [0.29, 0.717) is 5.92 Å². The van der Waals surface area contributed by atoms with E-state index in [0.717, 1.165) is 37.9 Å². The molecule has 1 aromatic carbocycles. The van der Waals surface area contributed by atoms with Gasteiger partial charge in [0.2, 0.25) is 0 Å². The van der Waals surface area contributed by atoms with E-state index in [2.05, 4.69) is 0 Å². The van der Waals surface area contributed by atoms with E-state index in [9.17, 15) is 4.39 Å². The van der Waals surface area contributed by atoms with E-state index in [-0.39, 0.29) is 22.5 Å². The normalized spacial score (nSPS) is 26.9. The minimum absolute atomic E-state index is 0.0471. The fourth-order valence-electron chi connectivity index (χ4n) is 3.73. The van der Waals surface area contributed by atoms with Crippen molar-refractivity contribution >= 4 is 11.6 Å². The Labute approximate surface area is 124 Å². The van der Waals surface area contributed by atoms with Crippen molar-refractivity contribution in [1.82, 2.24) is 0 Å². The van der Waals surface area contributed by atoms with E-state index in [1.54, 1.807) is 6.07 Å². The molecule has 110 valence electrons. The van der Waals surface area contributed by atoms with Crippen molar-refractivity contribution in [2.24, 2.45) is 11.7 Å². The van der Waals surface area contributed by atoms with Crippen LogP contribution >= 0.6 is 11.6 Å². The summed E-state index contributed by atoms with van der Waals surface area (Å²) in [6.07, 6.45) is 6.73. The molecule has 1 saturated heterocycles. The van der Waals surface area contributed by atoms with Crippen LogP contribution in [0.2, 0.25) is 5.02 Å². The van der Waals surface area contributed by atoms with Crippen molar-refractivity contribution in [2.45, 2.75) is 50.2 Å². The quantitative estimate of drug-likeness (QED) is 0.887. The van der Waals surface area contributed by atoms with Gasteiger partial charge in [0.1, 0.15) is 5.82 Å². The number of ether oxygens (including phenoxy) is 1. The Kier molecular flexibility index (Phi) is 4.02. The summed E-state index contributed by atoms with van der Waals surface area (Å²) in [6, 6.07) is 4.77. The van der Waals surface area contributed by atoms with E-state index < -0.39 is 0 Å². The zero-order valence-corrected chi connectivity index (χ0v) is 12.3. The zero-order chi connectivity index (χ0) is 14.2. The zero-order valence-electron chi connectivity index (χ0n) is 11.6. The largest absolute Gasteiger partial charge is 0.375 e. The lowest BCUT2D eigenvalue weighted by molar-refractivity contribution is -0.0963. The van der Waals surface area contributed by atoms with Crippen molar-refractivity contribution < 1.29 is 9.13 Å². The third-order valence-electron chi connectivity index (χ3n) is 4.88. The van der Waals surface area contributed by atoms with Crippen LogP contribution in [0.25, 0.3) is 0 Å². The molecule has 1 aliphatic carbocycles. The lowest BCUT2D eigenvalue weighted by Gasteiger charge is -2.40. The monoisotopic (exact) mass is 297 g/mol. The average Bonchev–Trinajstić information content (AvgIpc) is 2.89. The summed E-state index contributed by atoms with van der Waals surface area (Å²) in [5.41, 5.74) is 7.26. The maximum absolute atomic E-state index is 13.6. The summed E-state index contributed by atoms with van der Waals surface area (Å²) in [5, 5.41) is 0.153. The van der Waals surface area contributed by atoms with E-state index in [1.165, 1.54) is 18.9 Å². The molecule has 2 N–H and O–H groups in total. The molecule has 1 heterocycles. The fraction of sp³-hybridized carbons (Fsp3) is 0.625. The number of halogens is 2. The Bertz CT molecular complexity index is 487. The molecule has 1 saturated carbocycles. The van der Waals surface area contributed by atoms with Crippen LogP contribution in [0.1, 0.15) is 50.1 Å². The second-order valence-corrected chi connectivity index (χ2v) is 6.60. The molecular formula is C16H21ClFNO. The molecule has 2 atom stereocenters. The third-order valence-corrected chi connectivity index (χ3v) is 5.19. The molecule has 0 amide bonds. The van der Waals surface area contributed by atoms with Crippen molar-refractivity contribution in [3.63, 3.8) is 0 Å². The summed E-state index contributed by atoms with van der Waals surface area (Å²) in [7, 11) is 0. The van der Waals surface area contributed by atoms with Gasteiger partial charge in [0.15, 0.2) is 0 Å². The second-order valence-electron chi connectivity index (χ2n) is 6.19. The van der Waals surface area contributed by atoms with Crippen LogP contribution in [0.15, 0.2) is 18.2 Å². The minimum atomic E-state index is -0.387. The molecule has 2 aliphatic rings. The Morgan fingerprint density at radius 2 is 2.10 bits per heavy atom. The van der Waals surface area contributed by atoms with Gasteiger partial charge in [-0.3, -0.25) is 0 Å². The van der Waals surface area contributed by atoms with Crippen LogP contribution in [0, 0.1) is 11.7 Å². The van der Waals surface area contributed by atoms with Crippen LogP contribution in [-0.4, -0.2) is 12.2 Å². The summed E-state index contributed by atoms with van der Waals surface area (Å²) < 4.78 is 19.6. The highest BCUT2D eigenvalue weighted by molar-refractivity contribution is 6.30. The highest BCUT2D eigenvalue weighted by Gasteiger charge is 2.41. The van der Waals surface area contributed by atoms with Crippen molar-refractivity contribution in [3.8, 4) is 0 Å². The molecular weight excluding hydrogens is 277 g/mol. The molecule has 2 unspecified atom stereocenters. The maximum Gasteiger partial charge on any atom is 0.142 e. The van der Waals surface area contributed by atoms with Gasteiger partial charge in [-0.2, -0.15) is 0 Å². The van der Waals surface area contributed by atoms with Crippen molar-refractivity contribution in [1.29, 1.82) is 0 Å². The number of nitrogens with two attached hydrogens (primary N) is 1. The van der Waals surface area contributed by atoms with Gasteiger partial charge in [-0.25, -0.2) is 4.39 Å². The molecule has 20 heavy (non-hydrogen) atoms. The Hall–Kier alpha value is -0.640. The first kappa shape index (κ1) is 14.3. The molecule has 1 aromatic rings. The van der Waals surface area contributed by atoms with E-state index in [4.69, 9.17) is 22.1 Å². The van der Waals surface area contributed by atoms with E-state index in [1.807, 2.05) is 6.07 Å². The number of hydrogen-bond acceptors (Lipinski definition) is 2. The van der Waals surface area contributed by atoms with Gasteiger partial charge in [0, 0.05) is 12.6 Å². The van der Waals surface area contributed by atoms with Gasteiger partial charge in [-0.15, -0.1) is 0 Å². The first-order chi connectivity index (χ1) is 9.60. The van der Waals surface area contributed by atoms with Gasteiger partial charge < -0.3 is 10.5 Å². The highest BCUT2D eigenvalue weighted by atomic mass is 35.5. The van der Waals surface area contributed by atoms with Gasteiger partial charge in [-0.05, 0) is 49.3 Å². The molecule has 0 aromatic heterocycles. The number of benzene rings is 1. The second kappa shape index (κ2) is 5.63. The van der Waals surface area contributed by atoms with Crippen LogP contribution in [0.3, 0.4) is 0 Å². The Morgan fingerprint density at radius 3 is 2.80 bits per heavy atom. The molecule has 2 nitrogen and oxygen atoms in total. The van der Waals surface area contributed by atoms with Gasteiger partial charge in [0.05, 0.1) is 10.6 Å². The number of hydrogen-bond donors (Lipinski definition) is 1. The number of rotatable bonds is 2. The first-order valence-electron chi connectivity index (χ1n) is 7.44. The smallest absolute Gasteiger partial charge is 0.142 e. The lowest BCUT2D eigenvalue weighted by Crippen LogP contribution is -2.40. The van der Waals surface area contributed by atoms with Crippen LogP contribution in [-0.2, 0) is 4.74 Å². The van der Waals surface area contributed by atoms with Crippen molar-refractivity contribution in [3.05, 3.63) is 34.6 Å². The molecule has 0 bridgehead atoms. The maximum atomic E-state index is 13.6. The fourth-order valence-corrected chi connectivity index (χ4v) is 3.85. The Balaban J connectivity index is 1.75. The summed E-state index contributed by atoms with van der Waals surface area (Å²) in [6.45, 7) is 0.772. The molecule has 3 rings (SSSR count). The minimum Gasteiger partial charge on any atom is -0.375 e. The van der Waals surface area contributed by atoms with E-state index >= 15 is 0 Å². The SMILES string of the molecule is NC(c1ccc(Cl)c(F)c1)C1CCOC2(CCCC2)C1. The molecule has 1 aliphatic heterocycles. The van der Waals surface area contributed by atoms with Crippen LogP contribution < -0.4 is 5.73 Å². The molecule has 0 radical (unpaired) electrons. The van der Waals surface area contributed by atoms with Crippen LogP contribution in [0.4, 0.5) is 4.39 Å². The van der Waals surface area contributed by atoms with Crippen LogP contribution in [0.5, 0.6) is 0 Å². The highest BCUT2D eigenvalue weighted by Crippen LogP contribution is 2.44. The topological polar surface area (TPSA) is 35.2 Å². The average molecular weight is 298 g/mol. The first-order valence-corrected chi connectivity index (χ1v) is 7.82. The van der Waals surface area contributed by atoms with Gasteiger partial charge >= 0.3 is 0 Å².